The van der Waals surface area contributed by atoms with Crippen LogP contribution in [0.25, 0.3) is 11.3 Å². The number of anilines is 1. The molecule has 0 aliphatic rings. The Morgan fingerprint density at radius 3 is 2.55 bits per heavy atom. The Balaban J connectivity index is 1.91. The van der Waals surface area contributed by atoms with E-state index in [2.05, 4.69) is 15.5 Å². The fourth-order valence-corrected chi connectivity index (χ4v) is 3.82. The number of nitrogens with one attached hydrogen (secondary N) is 2. The Labute approximate surface area is 169 Å². The minimum atomic E-state index is -3.71. The molecule has 29 heavy (non-hydrogen) atoms. The molecule has 0 saturated heterocycles. The molecule has 9 heteroatoms. The topological polar surface area (TPSA) is 104 Å². The van der Waals surface area contributed by atoms with Gasteiger partial charge in [-0.2, -0.15) is 5.10 Å². The van der Waals surface area contributed by atoms with Crippen molar-refractivity contribution in [3.8, 4) is 17.0 Å². The quantitative estimate of drug-likeness (QED) is 0.645. The average Bonchev–Trinajstić information content (AvgIpc) is 3.17. The monoisotopic (exact) mass is 414 g/mol. The van der Waals surface area contributed by atoms with Gasteiger partial charge in [-0.25, -0.2) is 12.7 Å². The predicted molar refractivity (Wildman–Crippen MR) is 111 cm³/mol. The Morgan fingerprint density at radius 1 is 1.14 bits per heavy atom. The zero-order chi connectivity index (χ0) is 21.2. The number of nitrogens with zero attached hydrogens (tertiary/aromatic N) is 2. The number of benzene rings is 2. The van der Waals surface area contributed by atoms with Crippen LogP contribution in [0.2, 0.25) is 0 Å². The molecule has 3 rings (SSSR count). The van der Waals surface area contributed by atoms with Crippen molar-refractivity contribution in [2.45, 2.75) is 11.8 Å². The van der Waals surface area contributed by atoms with E-state index < -0.39 is 10.0 Å². The van der Waals surface area contributed by atoms with Crippen molar-refractivity contribution in [1.82, 2.24) is 14.5 Å². The standard InChI is InChI=1S/C20H22N4O4S/c1-13-6-5-7-15(10-13)21-20(25)17-12-16(22-23-17)14-8-9-18(28-4)19(11-14)29(26,27)24(2)3/h5-12H,1-4H3,(H,21,25)(H,22,23). The van der Waals surface area contributed by atoms with Gasteiger partial charge in [-0.15, -0.1) is 0 Å². The first-order valence-electron chi connectivity index (χ1n) is 8.76. The highest BCUT2D eigenvalue weighted by atomic mass is 32.2. The van der Waals surface area contributed by atoms with Crippen molar-refractivity contribution in [2.24, 2.45) is 0 Å². The summed E-state index contributed by atoms with van der Waals surface area (Å²) >= 11 is 0. The smallest absolute Gasteiger partial charge is 0.273 e. The van der Waals surface area contributed by atoms with Gasteiger partial charge in [0.1, 0.15) is 16.3 Å². The number of rotatable bonds is 6. The van der Waals surface area contributed by atoms with Crippen molar-refractivity contribution in [3.05, 3.63) is 59.8 Å². The number of aromatic nitrogens is 2. The van der Waals surface area contributed by atoms with Crippen LogP contribution in [-0.4, -0.2) is 50.0 Å². The molecule has 2 N–H and O–H groups in total. The number of hydrogen-bond acceptors (Lipinski definition) is 5. The number of carbonyl (C=O) groups is 1. The molecule has 3 aromatic rings. The van der Waals surface area contributed by atoms with Crippen LogP contribution in [0.1, 0.15) is 16.1 Å². The molecule has 0 atom stereocenters. The lowest BCUT2D eigenvalue weighted by molar-refractivity contribution is 0.102. The molecule has 0 aliphatic heterocycles. The molecule has 0 fully saturated rings. The lowest BCUT2D eigenvalue weighted by Gasteiger charge is -2.15. The molecule has 1 aromatic heterocycles. The van der Waals surface area contributed by atoms with Crippen LogP contribution in [0.3, 0.4) is 0 Å². The third-order valence-corrected chi connectivity index (χ3v) is 6.15. The van der Waals surface area contributed by atoms with E-state index in [0.717, 1.165) is 9.87 Å². The molecule has 0 unspecified atom stereocenters. The van der Waals surface area contributed by atoms with Crippen LogP contribution in [0.15, 0.2) is 53.4 Å². The van der Waals surface area contributed by atoms with Crippen molar-refractivity contribution >= 4 is 21.6 Å². The normalized spacial score (nSPS) is 11.5. The van der Waals surface area contributed by atoms with Crippen LogP contribution in [-0.2, 0) is 10.0 Å². The number of carbonyl (C=O) groups excluding carboxylic acids is 1. The van der Waals surface area contributed by atoms with Gasteiger partial charge in [-0.05, 0) is 48.9 Å². The second kappa shape index (κ2) is 8.06. The lowest BCUT2D eigenvalue weighted by atomic mass is 10.1. The van der Waals surface area contributed by atoms with Gasteiger partial charge in [0.05, 0.1) is 12.8 Å². The zero-order valence-electron chi connectivity index (χ0n) is 16.6. The lowest BCUT2D eigenvalue weighted by Crippen LogP contribution is -2.22. The van der Waals surface area contributed by atoms with Crippen LogP contribution in [0.4, 0.5) is 5.69 Å². The van der Waals surface area contributed by atoms with Crippen LogP contribution >= 0.6 is 0 Å². The number of aromatic amines is 1. The van der Waals surface area contributed by atoms with Crippen LogP contribution in [0, 0.1) is 6.92 Å². The summed E-state index contributed by atoms with van der Waals surface area (Å²) in [5.74, 6) is -0.112. The molecule has 8 nitrogen and oxygen atoms in total. The van der Waals surface area contributed by atoms with Crippen LogP contribution in [0.5, 0.6) is 5.75 Å². The van der Waals surface area contributed by atoms with E-state index in [1.807, 2.05) is 25.1 Å². The Hall–Kier alpha value is -3.17. The van der Waals surface area contributed by atoms with E-state index in [4.69, 9.17) is 4.74 Å². The molecule has 1 heterocycles. The van der Waals surface area contributed by atoms with Gasteiger partial charge in [0.2, 0.25) is 10.0 Å². The number of aryl methyl sites for hydroxylation is 1. The largest absolute Gasteiger partial charge is 0.495 e. The molecule has 0 bridgehead atoms. The van der Waals surface area contributed by atoms with E-state index in [1.54, 1.807) is 24.3 Å². The van der Waals surface area contributed by atoms with Crippen molar-refractivity contribution in [3.63, 3.8) is 0 Å². The number of methoxy groups -OCH3 is 1. The number of H-pyrrole nitrogens is 1. The molecule has 0 aliphatic carbocycles. The number of ether oxygens (including phenoxy) is 1. The first-order chi connectivity index (χ1) is 13.7. The zero-order valence-corrected chi connectivity index (χ0v) is 17.4. The Bertz CT molecular complexity index is 1150. The number of amides is 1. The molecule has 152 valence electrons. The molecule has 0 saturated carbocycles. The highest BCUT2D eigenvalue weighted by molar-refractivity contribution is 7.89. The van der Waals surface area contributed by atoms with Gasteiger partial charge in [0, 0.05) is 25.3 Å². The molecule has 1 amide bonds. The maximum Gasteiger partial charge on any atom is 0.273 e. The number of hydrogen-bond donors (Lipinski definition) is 2. The minimum Gasteiger partial charge on any atom is -0.495 e. The molecular weight excluding hydrogens is 392 g/mol. The van der Waals surface area contributed by atoms with Gasteiger partial charge in [0.15, 0.2) is 0 Å². The predicted octanol–water partition coefficient (Wildman–Crippen LogP) is 2.90. The molecular formula is C20H22N4O4S. The maximum absolute atomic E-state index is 12.6. The van der Waals surface area contributed by atoms with E-state index in [9.17, 15) is 13.2 Å². The van der Waals surface area contributed by atoms with E-state index in [1.165, 1.54) is 27.3 Å². The second-order valence-electron chi connectivity index (χ2n) is 6.64. The summed E-state index contributed by atoms with van der Waals surface area (Å²) in [6.45, 7) is 1.94. The Morgan fingerprint density at radius 2 is 1.90 bits per heavy atom. The van der Waals surface area contributed by atoms with Crippen molar-refractivity contribution in [1.29, 1.82) is 0 Å². The highest BCUT2D eigenvalue weighted by Crippen LogP contribution is 2.30. The fourth-order valence-electron chi connectivity index (χ4n) is 2.74. The summed E-state index contributed by atoms with van der Waals surface area (Å²) in [6, 6.07) is 13.7. The summed E-state index contributed by atoms with van der Waals surface area (Å²) in [7, 11) is 0.592. The Kier molecular flexibility index (Phi) is 5.71. The summed E-state index contributed by atoms with van der Waals surface area (Å²) < 4.78 is 31.5. The van der Waals surface area contributed by atoms with Gasteiger partial charge in [0.25, 0.3) is 5.91 Å². The molecule has 0 radical (unpaired) electrons. The van der Waals surface area contributed by atoms with E-state index >= 15 is 0 Å². The maximum atomic E-state index is 12.6. The highest BCUT2D eigenvalue weighted by Gasteiger charge is 2.23. The first-order valence-corrected chi connectivity index (χ1v) is 10.2. The molecule has 2 aromatic carbocycles. The van der Waals surface area contributed by atoms with E-state index in [-0.39, 0.29) is 22.2 Å². The van der Waals surface area contributed by atoms with Crippen molar-refractivity contribution in [2.75, 3.05) is 26.5 Å². The first kappa shape index (κ1) is 20.6. The molecule has 0 spiro atoms. The average molecular weight is 414 g/mol. The summed E-state index contributed by atoms with van der Waals surface area (Å²) in [5.41, 5.74) is 2.94. The summed E-state index contributed by atoms with van der Waals surface area (Å²) in [5, 5.41) is 9.65. The SMILES string of the molecule is COc1ccc(-c2cc(C(=O)Nc3cccc(C)c3)[nH]n2)cc1S(=O)(=O)N(C)C. The van der Waals surface area contributed by atoms with Gasteiger partial charge in [-0.3, -0.25) is 9.89 Å². The van der Waals surface area contributed by atoms with Gasteiger partial charge in [-0.1, -0.05) is 12.1 Å². The van der Waals surface area contributed by atoms with Gasteiger partial charge >= 0.3 is 0 Å². The third kappa shape index (κ3) is 4.30. The van der Waals surface area contributed by atoms with Crippen LogP contribution < -0.4 is 10.1 Å². The van der Waals surface area contributed by atoms with Crippen molar-refractivity contribution < 1.29 is 17.9 Å². The fraction of sp³-hybridized carbons (Fsp3) is 0.200. The summed E-state index contributed by atoms with van der Waals surface area (Å²) in [4.78, 5) is 12.5. The summed E-state index contributed by atoms with van der Waals surface area (Å²) in [6.07, 6.45) is 0. The minimum absolute atomic E-state index is 0.0243. The second-order valence-corrected chi connectivity index (χ2v) is 8.76. The third-order valence-electron chi connectivity index (χ3n) is 4.32. The van der Waals surface area contributed by atoms with Gasteiger partial charge < -0.3 is 10.1 Å². The van der Waals surface area contributed by atoms with E-state index in [0.29, 0.717) is 16.9 Å². The number of sulfonamides is 1.